The number of fused-ring (bicyclic) bond motifs is 1. The maximum Gasteiger partial charge on any atom is 0.167 e. The van der Waals surface area contributed by atoms with Crippen molar-refractivity contribution >= 4 is 11.6 Å². The quantitative estimate of drug-likeness (QED) is 0.505. The van der Waals surface area contributed by atoms with Crippen molar-refractivity contribution in [1.82, 2.24) is 4.59 Å². The standard InChI is InChI=1S/C9H10N2O/c1-11(2)8-6-4-3-5-7(8)9(12)10-11/h3-6H,1-2H3. The van der Waals surface area contributed by atoms with Gasteiger partial charge in [-0.2, -0.15) is 4.59 Å². The van der Waals surface area contributed by atoms with Crippen molar-refractivity contribution in [1.29, 1.82) is 0 Å². The predicted octanol–water partition coefficient (Wildman–Crippen LogP) is 0.289. The summed E-state index contributed by atoms with van der Waals surface area (Å²) in [6, 6.07) is 7.53. The van der Waals surface area contributed by atoms with Crippen LogP contribution in [0.3, 0.4) is 0 Å². The zero-order valence-corrected chi connectivity index (χ0v) is 7.11. The van der Waals surface area contributed by atoms with Crippen LogP contribution in [0.15, 0.2) is 29.4 Å². The lowest BCUT2D eigenvalue weighted by Crippen LogP contribution is -2.32. The Bertz CT molecular complexity index is 355. The fourth-order valence-corrected chi connectivity index (χ4v) is 1.47. The van der Waals surface area contributed by atoms with Gasteiger partial charge in [0.05, 0.1) is 25.6 Å². The minimum Gasteiger partial charge on any atom is -0.854 e. The first-order valence-electron chi connectivity index (χ1n) is 3.82. The molecule has 0 fully saturated rings. The van der Waals surface area contributed by atoms with Gasteiger partial charge in [0.25, 0.3) is 0 Å². The summed E-state index contributed by atoms with van der Waals surface area (Å²) in [7, 11) is 3.79. The van der Waals surface area contributed by atoms with E-state index in [4.69, 9.17) is 0 Å². The Kier molecular flexibility index (Phi) is 1.26. The van der Waals surface area contributed by atoms with Crippen molar-refractivity contribution in [3.63, 3.8) is 0 Å². The molecule has 1 aromatic rings. The molecule has 12 heavy (non-hydrogen) atoms. The molecule has 0 unspecified atom stereocenters. The highest BCUT2D eigenvalue weighted by Gasteiger charge is 2.28. The van der Waals surface area contributed by atoms with Gasteiger partial charge in [-0.3, -0.25) is 0 Å². The third-order valence-electron chi connectivity index (χ3n) is 2.06. The minimum absolute atomic E-state index is 0.115. The van der Waals surface area contributed by atoms with E-state index in [9.17, 15) is 5.11 Å². The molecule has 0 bridgehead atoms. The molecular formula is C9H10N2O. The number of nitrogens with zero attached hydrogens (tertiary/aromatic N) is 2. The molecule has 0 aliphatic carbocycles. The van der Waals surface area contributed by atoms with Crippen molar-refractivity contribution in [2.75, 3.05) is 14.1 Å². The highest BCUT2D eigenvalue weighted by atomic mass is 16.3. The third kappa shape index (κ3) is 0.833. The van der Waals surface area contributed by atoms with E-state index in [1.807, 2.05) is 38.4 Å². The molecule has 3 nitrogen and oxygen atoms in total. The van der Waals surface area contributed by atoms with E-state index in [0.29, 0.717) is 4.59 Å². The summed E-state index contributed by atoms with van der Waals surface area (Å²) in [5, 5.41) is 15.3. The highest BCUT2D eigenvalue weighted by molar-refractivity contribution is 5.99. The van der Waals surface area contributed by atoms with E-state index in [0.717, 1.165) is 11.3 Å². The molecule has 2 rings (SSSR count). The fraction of sp³-hybridized carbons (Fsp3) is 0.222. The van der Waals surface area contributed by atoms with E-state index in [-0.39, 0.29) is 5.90 Å². The van der Waals surface area contributed by atoms with E-state index in [1.54, 1.807) is 0 Å². The lowest BCUT2D eigenvalue weighted by atomic mass is 10.2. The molecule has 0 saturated carbocycles. The third-order valence-corrected chi connectivity index (χ3v) is 2.06. The molecule has 1 aliphatic heterocycles. The van der Waals surface area contributed by atoms with E-state index in [1.165, 1.54) is 0 Å². The number of rotatable bonds is 0. The number of hydrogen-bond donors (Lipinski definition) is 0. The molecule has 0 N–H and O–H groups in total. The summed E-state index contributed by atoms with van der Waals surface area (Å²) in [5.74, 6) is -0.115. The Morgan fingerprint density at radius 3 is 2.58 bits per heavy atom. The van der Waals surface area contributed by atoms with Gasteiger partial charge in [-0.05, 0) is 6.07 Å². The van der Waals surface area contributed by atoms with Gasteiger partial charge in [0.1, 0.15) is 0 Å². The molecule has 62 valence electrons. The molecule has 1 aromatic carbocycles. The fourth-order valence-electron chi connectivity index (χ4n) is 1.47. The number of benzene rings is 1. The van der Waals surface area contributed by atoms with Gasteiger partial charge in [0, 0.05) is 6.07 Å². The van der Waals surface area contributed by atoms with E-state index in [2.05, 4.69) is 5.10 Å². The van der Waals surface area contributed by atoms with Crippen LogP contribution in [0.1, 0.15) is 5.56 Å². The Morgan fingerprint density at radius 1 is 1.25 bits per heavy atom. The van der Waals surface area contributed by atoms with Crippen molar-refractivity contribution < 1.29 is 5.11 Å². The van der Waals surface area contributed by atoms with Crippen LogP contribution in [0.5, 0.6) is 0 Å². The molecule has 0 saturated heterocycles. The summed E-state index contributed by atoms with van der Waals surface area (Å²) in [6.45, 7) is 0. The topological polar surface area (TPSA) is 35.4 Å². The van der Waals surface area contributed by atoms with Gasteiger partial charge < -0.3 is 5.11 Å². The molecule has 0 atom stereocenters. The highest BCUT2D eigenvalue weighted by Crippen LogP contribution is 2.29. The number of para-hydroxylation sites is 1. The number of quaternary nitrogens is 1. The average Bonchev–Trinajstić information content (AvgIpc) is 2.25. The second-order valence-corrected chi connectivity index (χ2v) is 3.32. The summed E-state index contributed by atoms with van der Waals surface area (Å²) >= 11 is 0. The largest absolute Gasteiger partial charge is 0.854 e. The molecule has 0 spiro atoms. The monoisotopic (exact) mass is 162 g/mol. The summed E-state index contributed by atoms with van der Waals surface area (Å²) in [4.78, 5) is 0. The maximum absolute atomic E-state index is 11.3. The van der Waals surface area contributed by atoms with Gasteiger partial charge in [-0.15, -0.1) is 0 Å². The summed E-state index contributed by atoms with van der Waals surface area (Å²) < 4.78 is 0.314. The second-order valence-electron chi connectivity index (χ2n) is 3.32. The van der Waals surface area contributed by atoms with E-state index < -0.39 is 0 Å². The van der Waals surface area contributed by atoms with Gasteiger partial charge in [0.2, 0.25) is 0 Å². The van der Waals surface area contributed by atoms with Crippen molar-refractivity contribution in [3.05, 3.63) is 29.8 Å². The van der Waals surface area contributed by atoms with Gasteiger partial charge >= 0.3 is 0 Å². The summed E-state index contributed by atoms with van der Waals surface area (Å²) in [5.41, 5.74) is 1.70. The summed E-state index contributed by atoms with van der Waals surface area (Å²) in [6.07, 6.45) is 0. The Balaban J connectivity index is 2.68. The lowest BCUT2D eigenvalue weighted by Gasteiger charge is -2.17. The molecule has 1 aliphatic rings. The van der Waals surface area contributed by atoms with Crippen molar-refractivity contribution in [2.45, 2.75) is 0 Å². The zero-order chi connectivity index (χ0) is 8.77. The molecule has 0 amide bonds. The van der Waals surface area contributed by atoms with Gasteiger partial charge in [-0.1, -0.05) is 17.2 Å². The Labute approximate surface area is 71.1 Å². The van der Waals surface area contributed by atoms with Crippen LogP contribution in [0, 0.1) is 0 Å². The maximum atomic E-state index is 11.3. The molecule has 1 heterocycles. The van der Waals surface area contributed by atoms with Gasteiger partial charge in [0.15, 0.2) is 5.69 Å². The number of hydrogen-bond acceptors (Lipinski definition) is 2. The van der Waals surface area contributed by atoms with Crippen LogP contribution in [0.25, 0.3) is 0 Å². The van der Waals surface area contributed by atoms with Crippen molar-refractivity contribution in [2.24, 2.45) is 5.10 Å². The SMILES string of the molecule is C[N+]1(C)N=C([O-])c2ccccc21. The van der Waals surface area contributed by atoms with Gasteiger partial charge in [-0.25, -0.2) is 0 Å². The second kappa shape index (κ2) is 2.08. The molecular weight excluding hydrogens is 152 g/mol. The molecule has 3 heteroatoms. The normalized spacial score (nSPS) is 18.7. The van der Waals surface area contributed by atoms with Crippen LogP contribution in [-0.4, -0.2) is 20.0 Å². The van der Waals surface area contributed by atoms with Crippen LogP contribution >= 0.6 is 0 Å². The Morgan fingerprint density at radius 2 is 1.92 bits per heavy atom. The van der Waals surface area contributed by atoms with E-state index >= 15 is 0 Å². The molecule has 0 radical (unpaired) electrons. The lowest BCUT2D eigenvalue weighted by molar-refractivity contribution is -0.213. The first-order chi connectivity index (χ1) is 5.61. The van der Waals surface area contributed by atoms with Crippen molar-refractivity contribution in [3.8, 4) is 0 Å². The van der Waals surface area contributed by atoms with Crippen LogP contribution in [0.4, 0.5) is 5.69 Å². The zero-order valence-electron chi connectivity index (χ0n) is 7.11. The van der Waals surface area contributed by atoms with Crippen LogP contribution in [0.2, 0.25) is 0 Å². The molecule has 0 aromatic heterocycles. The predicted molar refractivity (Wildman–Crippen MR) is 46.6 cm³/mol. The average molecular weight is 162 g/mol. The van der Waals surface area contributed by atoms with Crippen LogP contribution < -0.4 is 9.70 Å². The Hall–Kier alpha value is -1.35. The first-order valence-corrected chi connectivity index (χ1v) is 3.82. The van der Waals surface area contributed by atoms with Crippen LogP contribution in [-0.2, 0) is 0 Å². The smallest absolute Gasteiger partial charge is 0.167 e. The minimum atomic E-state index is -0.115. The first kappa shape index (κ1) is 7.31.